The Morgan fingerprint density at radius 1 is 1.24 bits per heavy atom. The first-order valence-corrected chi connectivity index (χ1v) is 5.93. The molecule has 0 aromatic heterocycles. The summed E-state index contributed by atoms with van der Waals surface area (Å²) >= 11 is 3.29. The molecule has 0 bridgehead atoms. The second-order valence-corrected chi connectivity index (χ2v) is 4.67. The summed E-state index contributed by atoms with van der Waals surface area (Å²) in [5, 5.41) is 18.3. The molecule has 1 aromatic carbocycles. The van der Waals surface area contributed by atoms with Gasteiger partial charge in [-0.05, 0) is 18.1 Å². The normalized spacial score (nSPS) is 11.2. The Morgan fingerprint density at radius 2 is 1.76 bits per heavy atom. The molecule has 0 saturated heterocycles. The molecule has 0 saturated carbocycles. The number of benzene rings is 1. The first-order valence-electron chi connectivity index (χ1n) is 5.14. The molecule has 1 rings (SSSR count). The molecule has 1 aromatic rings. The van der Waals surface area contributed by atoms with Crippen LogP contribution in [0, 0.1) is 5.41 Å². The zero-order chi connectivity index (χ0) is 13.1. The van der Waals surface area contributed by atoms with Gasteiger partial charge in [-0.2, -0.15) is 0 Å². The third-order valence-electron chi connectivity index (χ3n) is 2.87. The second kappa shape index (κ2) is 5.31. The van der Waals surface area contributed by atoms with Crippen LogP contribution < -0.4 is 0 Å². The molecule has 0 spiro atoms. The number of aliphatic carboxylic acids is 2. The Hall–Kier alpha value is -1.36. The molecule has 0 atom stereocenters. The number of carbonyl (C=O) groups is 2. The van der Waals surface area contributed by atoms with Crippen molar-refractivity contribution in [2.45, 2.75) is 19.8 Å². The summed E-state index contributed by atoms with van der Waals surface area (Å²) in [5.74, 6) is -2.61. The minimum Gasteiger partial charge on any atom is -0.480 e. The van der Waals surface area contributed by atoms with Crippen molar-refractivity contribution in [2.24, 2.45) is 5.41 Å². The van der Waals surface area contributed by atoms with Crippen LogP contribution in [0.25, 0.3) is 0 Å². The van der Waals surface area contributed by atoms with Crippen molar-refractivity contribution < 1.29 is 19.8 Å². The molecule has 2 N–H and O–H groups in total. The van der Waals surface area contributed by atoms with Crippen LogP contribution in [0.1, 0.15) is 18.9 Å². The van der Waals surface area contributed by atoms with E-state index in [1.54, 1.807) is 31.2 Å². The van der Waals surface area contributed by atoms with E-state index in [1.807, 2.05) is 0 Å². The van der Waals surface area contributed by atoms with Crippen molar-refractivity contribution in [1.82, 2.24) is 0 Å². The Labute approximate surface area is 107 Å². The van der Waals surface area contributed by atoms with Crippen molar-refractivity contribution >= 4 is 27.9 Å². The van der Waals surface area contributed by atoms with E-state index in [2.05, 4.69) is 15.9 Å². The van der Waals surface area contributed by atoms with Crippen molar-refractivity contribution in [3.8, 4) is 0 Å². The van der Waals surface area contributed by atoms with Gasteiger partial charge in [0, 0.05) is 10.9 Å². The lowest BCUT2D eigenvalue weighted by atomic mass is 9.79. The second-order valence-electron chi connectivity index (χ2n) is 3.81. The van der Waals surface area contributed by atoms with E-state index in [4.69, 9.17) is 10.2 Å². The van der Waals surface area contributed by atoms with Gasteiger partial charge in [0.25, 0.3) is 0 Å². The summed E-state index contributed by atoms with van der Waals surface area (Å²) in [7, 11) is 0. The number of halogens is 1. The number of hydrogen-bond donors (Lipinski definition) is 2. The molecule has 0 aliphatic rings. The van der Waals surface area contributed by atoms with Gasteiger partial charge in [-0.1, -0.05) is 41.1 Å². The number of hydrogen-bond acceptors (Lipinski definition) is 2. The highest BCUT2D eigenvalue weighted by Gasteiger charge is 2.45. The molecule has 0 fully saturated rings. The van der Waals surface area contributed by atoms with E-state index >= 15 is 0 Å². The van der Waals surface area contributed by atoms with Crippen LogP contribution >= 0.6 is 15.9 Å². The lowest BCUT2D eigenvalue weighted by molar-refractivity contribution is -0.164. The summed E-state index contributed by atoms with van der Waals surface area (Å²) < 4.78 is 0.723. The zero-order valence-electron chi connectivity index (χ0n) is 9.31. The fourth-order valence-corrected chi connectivity index (χ4v) is 2.06. The van der Waals surface area contributed by atoms with Gasteiger partial charge in [-0.15, -0.1) is 0 Å². The van der Waals surface area contributed by atoms with Gasteiger partial charge in [0.05, 0.1) is 0 Å². The molecule has 0 amide bonds. The summed E-state index contributed by atoms with van der Waals surface area (Å²) in [6.07, 6.45) is 0.00852. The van der Waals surface area contributed by atoms with Gasteiger partial charge in [0.1, 0.15) is 0 Å². The quantitative estimate of drug-likeness (QED) is 0.820. The van der Waals surface area contributed by atoms with Crippen molar-refractivity contribution in [3.63, 3.8) is 0 Å². The molecule has 17 heavy (non-hydrogen) atoms. The third-order valence-corrected chi connectivity index (χ3v) is 3.65. The molecule has 0 aliphatic carbocycles. The topological polar surface area (TPSA) is 74.6 Å². The Morgan fingerprint density at radius 3 is 2.18 bits per heavy atom. The maximum atomic E-state index is 11.2. The average Bonchev–Trinajstić information content (AvgIpc) is 2.27. The van der Waals surface area contributed by atoms with Crippen LogP contribution in [0.3, 0.4) is 0 Å². The maximum absolute atomic E-state index is 11.2. The predicted octanol–water partition coefficient (Wildman–Crippen LogP) is 2.56. The summed E-state index contributed by atoms with van der Waals surface area (Å²) in [6.45, 7) is 1.57. The number of rotatable bonds is 5. The van der Waals surface area contributed by atoms with Gasteiger partial charge in [0.15, 0.2) is 5.41 Å². The van der Waals surface area contributed by atoms with Crippen LogP contribution in [-0.4, -0.2) is 22.2 Å². The van der Waals surface area contributed by atoms with Crippen LogP contribution in [-0.2, 0) is 16.0 Å². The minimum atomic E-state index is -1.76. The molecule has 0 aliphatic heterocycles. The summed E-state index contributed by atoms with van der Waals surface area (Å²) in [6, 6.07) is 7.03. The van der Waals surface area contributed by atoms with E-state index in [0.717, 1.165) is 4.47 Å². The van der Waals surface area contributed by atoms with Gasteiger partial charge < -0.3 is 10.2 Å². The molecule has 92 valence electrons. The molecule has 4 nitrogen and oxygen atoms in total. The first-order chi connectivity index (χ1) is 7.94. The minimum absolute atomic E-state index is 0.0322. The monoisotopic (exact) mass is 300 g/mol. The van der Waals surface area contributed by atoms with Crippen LogP contribution in [0.2, 0.25) is 0 Å². The fourth-order valence-electron chi connectivity index (χ4n) is 1.64. The molecular formula is C12H13BrO4. The smallest absolute Gasteiger partial charge is 0.321 e. The lowest BCUT2D eigenvalue weighted by Gasteiger charge is -2.23. The standard InChI is InChI=1S/C12H13BrO4/c1-2-12(10(14)15,11(16)17)7-8-5-3-4-6-9(8)13/h3-6H,2,7H2,1H3,(H,14,15)(H,16,17). The Balaban J connectivity index is 3.15. The highest BCUT2D eigenvalue weighted by molar-refractivity contribution is 9.10. The lowest BCUT2D eigenvalue weighted by Crippen LogP contribution is -2.40. The number of carboxylic acid groups (broad SMARTS) is 2. The zero-order valence-corrected chi connectivity index (χ0v) is 10.9. The van der Waals surface area contributed by atoms with E-state index in [9.17, 15) is 9.59 Å². The molecule has 5 heteroatoms. The molecule has 0 heterocycles. The van der Waals surface area contributed by atoms with Crippen molar-refractivity contribution in [2.75, 3.05) is 0 Å². The van der Waals surface area contributed by atoms with E-state index < -0.39 is 17.4 Å². The Bertz CT molecular complexity index is 428. The van der Waals surface area contributed by atoms with E-state index in [0.29, 0.717) is 5.56 Å². The van der Waals surface area contributed by atoms with Crippen LogP contribution in [0.15, 0.2) is 28.7 Å². The van der Waals surface area contributed by atoms with Crippen molar-refractivity contribution in [3.05, 3.63) is 34.3 Å². The van der Waals surface area contributed by atoms with Crippen LogP contribution in [0.4, 0.5) is 0 Å². The van der Waals surface area contributed by atoms with Gasteiger partial charge in [-0.25, -0.2) is 0 Å². The maximum Gasteiger partial charge on any atom is 0.321 e. The molecule has 0 unspecified atom stereocenters. The summed E-state index contributed by atoms with van der Waals surface area (Å²) in [5.41, 5.74) is -1.08. The summed E-state index contributed by atoms with van der Waals surface area (Å²) in [4.78, 5) is 22.4. The van der Waals surface area contributed by atoms with Gasteiger partial charge >= 0.3 is 11.9 Å². The Kier molecular flexibility index (Phi) is 4.28. The highest BCUT2D eigenvalue weighted by atomic mass is 79.9. The van der Waals surface area contributed by atoms with Crippen molar-refractivity contribution in [1.29, 1.82) is 0 Å². The number of carboxylic acids is 2. The highest BCUT2D eigenvalue weighted by Crippen LogP contribution is 2.31. The van der Waals surface area contributed by atoms with Gasteiger partial charge in [0.2, 0.25) is 0 Å². The fraction of sp³-hybridized carbons (Fsp3) is 0.333. The predicted molar refractivity (Wildman–Crippen MR) is 65.8 cm³/mol. The largest absolute Gasteiger partial charge is 0.480 e. The van der Waals surface area contributed by atoms with Gasteiger partial charge in [-0.3, -0.25) is 9.59 Å². The molecular weight excluding hydrogens is 288 g/mol. The third kappa shape index (κ3) is 2.66. The SMILES string of the molecule is CCC(Cc1ccccc1Br)(C(=O)O)C(=O)O. The van der Waals surface area contributed by atoms with Crippen LogP contribution in [0.5, 0.6) is 0 Å². The average molecular weight is 301 g/mol. The molecule has 0 radical (unpaired) electrons. The van der Waals surface area contributed by atoms with E-state index in [1.165, 1.54) is 0 Å². The van der Waals surface area contributed by atoms with E-state index in [-0.39, 0.29) is 12.8 Å². The first kappa shape index (κ1) is 13.7.